The van der Waals surface area contributed by atoms with Gasteiger partial charge >= 0.3 is 17.9 Å². The Balaban J connectivity index is 1.15. The highest BCUT2D eigenvalue weighted by Gasteiger charge is 2.77. The molecule has 8 rings (SSSR count). The van der Waals surface area contributed by atoms with Crippen LogP contribution in [0.5, 0.6) is 0 Å². The Labute approximate surface area is 448 Å². The van der Waals surface area contributed by atoms with Crippen molar-refractivity contribution in [3.05, 3.63) is 23.3 Å². The summed E-state index contributed by atoms with van der Waals surface area (Å²) in [7, 11) is 0. The van der Waals surface area contributed by atoms with E-state index in [-0.39, 0.29) is 17.4 Å². The van der Waals surface area contributed by atoms with Crippen LogP contribution in [0.1, 0.15) is 108 Å². The molecule has 0 bridgehead atoms. The first-order valence-corrected chi connectivity index (χ1v) is 27.0. The third-order valence-corrected chi connectivity index (χ3v) is 20.6. The first-order valence-electron chi connectivity index (χ1n) is 27.0. The van der Waals surface area contributed by atoms with Gasteiger partial charge in [0.1, 0.15) is 79.4 Å². The van der Waals surface area contributed by atoms with Gasteiger partial charge in [0.25, 0.3) is 0 Å². The number of rotatable bonds is 12. The largest absolute Gasteiger partial charge is 0.479 e. The monoisotopic (exact) mass is 1100 g/mol. The number of hydrogen-bond acceptors (Lipinski definition) is 22. The molecule has 23 heteroatoms. The molecule has 438 valence electrons. The van der Waals surface area contributed by atoms with Gasteiger partial charge < -0.3 is 99.2 Å². The van der Waals surface area contributed by atoms with E-state index in [9.17, 15) is 75.7 Å². The first kappa shape index (κ1) is 60.3. The number of hydrogen-bond donors (Lipinski definition) is 12. The average Bonchev–Trinajstić information content (AvgIpc) is 3.57. The summed E-state index contributed by atoms with van der Waals surface area (Å²) in [4.78, 5) is 39.8. The topological polar surface area (TPSA) is 368 Å². The summed E-state index contributed by atoms with van der Waals surface area (Å²) in [5.41, 5.74) is -4.60. The minimum absolute atomic E-state index is 0.156. The van der Waals surface area contributed by atoms with Gasteiger partial charge in [0.05, 0.1) is 37.4 Å². The highest BCUT2D eigenvalue weighted by Crippen LogP contribution is 2.76. The lowest BCUT2D eigenvalue weighted by Gasteiger charge is -2.73. The van der Waals surface area contributed by atoms with Crippen molar-refractivity contribution >= 4 is 17.9 Å². The van der Waals surface area contributed by atoms with Crippen molar-refractivity contribution in [2.45, 2.75) is 224 Å². The Morgan fingerprint density at radius 1 is 0.714 bits per heavy atom. The molecule has 0 aromatic carbocycles. The molecule has 0 aromatic rings. The van der Waals surface area contributed by atoms with Crippen LogP contribution in [0.3, 0.4) is 0 Å². The molecule has 0 radical (unpaired) electrons. The predicted molar refractivity (Wildman–Crippen MR) is 263 cm³/mol. The molecule has 0 aromatic heterocycles. The van der Waals surface area contributed by atoms with Gasteiger partial charge in [-0.15, -0.1) is 0 Å². The number of allylic oxidation sites excluding steroid dienone is 2. The fourth-order valence-electron chi connectivity index (χ4n) is 16.0. The Morgan fingerprint density at radius 2 is 1.36 bits per heavy atom. The fourth-order valence-corrected chi connectivity index (χ4v) is 16.0. The summed E-state index contributed by atoms with van der Waals surface area (Å²) in [6, 6.07) is 0. The number of carbonyl (C=O) groups excluding carboxylic acids is 2. The molecule has 26 unspecified atom stereocenters. The number of aliphatic hydroxyl groups excluding tert-OH is 11. The molecule has 77 heavy (non-hydrogen) atoms. The standard InChI is InChI=1S/C54H84O23/c1-11-22(2)45(69)77-43-40(65)49(4,5)18-25-24-12-13-29-51(8)16-15-30(50(6,7)28(51)14-17-52(29,9)53(24,10)42(71-23(3)57)41(66)54(25,43)21-56)73-48-39(76-47-35(63)33(61)32(60)27(19-55)72-47)37(36(64)38(75-48)44(67)68)74-46-34(62)31(59)26(58)20-70-46/h11-12,25-43,46-48,55-56,58-66H,13-21H2,1-10H3,(H,67,68)/b22-11-. The Bertz CT molecular complexity index is 2250. The second-order valence-corrected chi connectivity index (χ2v) is 25.3. The summed E-state index contributed by atoms with van der Waals surface area (Å²) < 4.78 is 48.8. The lowest BCUT2D eigenvalue weighted by Crippen LogP contribution is -2.76. The molecular formula is C54H84O23. The minimum Gasteiger partial charge on any atom is -0.479 e. The summed E-state index contributed by atoms with van der Waals surface area (Å²) in [6.45, 7) is 16.5. The number of ether oxygens (including phenoxy) is 8. The summed E-state index contributed by atoms with van der Waals surface area (Å²) >= 11 is 0. The zero-order valence-electron chi connectivity index (χ0n) is 45.6. The summed E-state index contributed by atoms with van der Waals surface area (Å²) in [5, 5.41) is 133. The second kappa shape index (κ2) is 21.5. The van der Waals surface area contributed by atoms with E-state index >= 15 is 0 Å². The maximum absolute atomic E-state index is 13.6. The van der Waals surface area contributed by atoms with Gasteiger partial charge in [0.15, 0.2) is 25.0 Å². The maximum Gasteiger partial charge on any atom is 0.335 e. The van der Waals surface area contributed by atoms with E-state index in [1.807, 2.05) is 34.6 Å². The van der Waals surface area contributed by atoms with Gasteiger partial charge in [0.2, 0.25) is 0 Å². The van der Waals surface area contributed by atoms with Crippen molar-refractivity contribution in [3.8, 4) is 0 Å². The third kappa shape index (κ3) is 9.45. The molecule has 5 aliphatic carbocycles. The van der Waals surface area contributed by atoms with Crippen molar-refractivity contribution in [3.63, 3.8) is 0 Å². The zero-order chi connectivity index (χ0) is 57.0. The van der Waals surface area contributed by atoms with Crippen LogP contribution in [0.15, 0.2) is 23.3 Å². The van der Waals surface area contributed by atoms with E-state index in [1.54, 1.807) is 19.9 Å². The molecule has 0 amide bonds. The minimum atomic E-state index is -2.13. The van der Waals surface area contributed by atoms with Gasteiger partial charge in [-0.2, -0.15) is 0 Å². The second-order valence-electron chi connectivity index (χ2n) is 25.3. The van der Waals surface area contributed by atoms with Gasteiger partial charge in [0, 0.05) is 17.9 Å². The highest BCUT2D eigenvalue weighted by atomic mass is 16.8. The van der Waals surface area contributed by atoms with Crippen LogP contribution in [0, 0.1) is 50.2 Å². The van der Waals surface area contributed by atoms with Crippen LogP contribution in [0.4, 0.5) is 0 Å². The predicted octanol–water partition coefficient (Wildman–Crippen LogP) is -0.684. The summed E-state index contributed by atoms with van der Waals surface area (Å²) in [6.07, 6.45) is -25.9. The lowest BCUT2D eigenvalue weighted by molar-refractivity contribution is -0.392. The molecule has 7 fully saturated rings. The summed E-state index contributed by atoms with van der Waals surface area (Å²) in [5.74, 6) is -4.02. The van der Waals surface area contributed by atoms with Gasteiger partial charge in [-0.1, -0.05) is 66.2 Å². The van der Waals surface area contributed by atoms with E-state index in [0.717, 1.165) is 5.57 Å². The molecule has 26 atom stereocenters. The van der Waals surface area contributed by atoms with E-state index in [0.29, 0.717) is 38.5 Å². The molecule has 3 heterocycles. The van der Waals surface area contributed by atoms with E-state index in [2.05, 4.69) is 19.9 Å². The molecule has 3 saturated heterocycles. The quantitative estimate of drug-likeness (QED) is 0.0498. The van der Waals surface area contributed by atoms with Crippen molar-refractivity contribution in [2.75, 3.05) is 19.8 Å². The molecule has 0 spiro atoms. The fraction of sp³-hybridized carbons (Fsp3) is 0.870. The molecule has 23 nitrogen and oxygen atoms in total. The molecular weight excluding hydrogens is 1020 g/mol. The number of carbonyl (C=O) groups is 3. The van der Waals surface area contributed by atoms with Gasteiger partial charge in [-0.3, -0.25) is 4.79 Å². The average molecular weight is 1100 g/mol. The molecule has 4 saturated carbocycles. The lowest BCUT2D eigenvalue weighted by atomic mass is 9.32. The maximum atomic E-state index is 13.6. The number of carboxylic acid groups (broad SMARTS) is 1. The molecule has 8 aliphatic rings. The number of esters is 2. The molecule has 3 aliphatic heterocycles. The van der Waals surface area contributed by atoms with Crippen LogP contribution < -0.4 is 0 Å². The van der Waals surface area contributed by atoms with E-state index in [1.165, 1.54) is 6.92 Å². The number of aliphatic hydroxyl groups is 11. The van der Waals surface area contributed by atoms with E-state index in [4.69, 9.17) is 37.9 Å². The van der Waals surface area contributed by atoms with Gasteiger partial charge in [-0.05, 0) is 91.8 Å². The normalized spacial score (nSPS) is 50.4. The Kier molecular flexibility index (Phi) is 16.8. The van der Waals surface area contributed by atoms with Crippen molar-refractivity contribution in [1.82, 2.24) is 0 Å². The number of fused-ring (bicyclic) bond motifs is 7. The van der Waals surface area contributed by atoms with Crippen molar-refractivity contribution in [2.24, 2.45) is 50.2 Å². The number of aliphatic carboxylic acids is 1. The number of carboxylic acids is 1. The highest BCUT2D eigenvalue weighted by molar-refractivity contribution is 5.87. The van der Waals surface area contributed by atoms with Crippen molar-refractivity contribution in [1.29, 1.82) is 0 Å². The smallest absolute Gasteiger partial charge is 0.335 e. The van der Waals surface area contributed by atoms with Crippen LogP contribution in [-0.4, -0.2) is 216 Å². The molecule has 12 N–H and O–H groups in total. The van der Waals surface area contributed by atoms with Gasteiger partial charge in [-0.25, -0.2) is 9.59 Å². The van der Waals surface area contributed by atoms with Crippen LogP contribution in [-0.2, 0) is 52.3 Å². The Hall–Kier alpha value is -2.79. The third-order valence-electron chi connectivity index (χ3n) is 20.6. The van der Waals surface area contributed by atoms with E-state index < -0.39 is 193 Å². The Morgan fingerprint density at radius 3 is 1.97 bits per heavy atom. The van der Waals surface area contributed by atoms with Crippen LogP contribution in [0.2, 0.25) is 0 Å². The van der Waals surface area contributed by atoms with Crippen molar-refractivity contribution < 1.29 is 114 Å². The SMILES string of the molecule is C/C=C(/C)C(=O)OC1C(O)C(C)(C)CC2C3=CCC4C5(C)CCC(OC6OC(C(=O)O)C(O)C(OC7OCC(O)C(O)C7O)C6OC6OC(CO)C(O)C(O)C6O)C(C)(C)C5CCC4(C)C3(C)C(OC(C)=O)C(O)C21CO. The van der Waals surface area contributed by atoms with Crippen LogP contribution in [0.25, 0.3) is 0 Å². The van der Waals surface area contributed by atoms with Crippen LogP contribution >= 0.6 is 0 Å². The first-order chi connectivity index (χ1) is 35.8. The zero-order valence-corrected chi connectivity index (χ0v) is 45.6.